The molecule has 0 saturated heterocycles. The minimum Gasteiger partial charge on any atom is -0.457 e. The van der Waals surface area contributed by atoms with Gasteiger partial charge in [-0.15, -0.1) is 0 Å². The van der Waals surface area contributed by atoms with E-state index in [-0.39, 0.29) is 23.7 Å². The molecule has 0 aliphatic heterocycles. The summed E-state index contributed by atoms with van der Waals surface area (Å²) in [6.45, 7) is 3.70. The van der Waals surface area contributed by atoms with Crippen molar-refractivity contribution in [1.29, 1.82) is 0 Å². The number of rotatable bonds is 4. The average Bonchev–Trinajstić information content (AvgIpc) is 2.98. The van der Waals surface area contributed by atoms with Crippen molar-refractivity contribution in [3.8, 4) is 0 Å². The Kier molecular flexibility index (Phi) is 5.02. The van der Waals surface area contributed by atoms with Crippen molar-refractivity contribution in [1.82, 2.24) is 0 Å². The Balaban J connectivity index is 1.57. The zero-order valence-electron chi connectivity index (χ0n) is 17.5. The number of carbonyl (C=O) groups is 3. The summed E-state index contributed by atoms with van der Waals surface area (Å²) in [6, 6.07) is 0. The number of ketones is 2. The summed E-state index contributed by atoms with van der Waals surface area (Å²) >= 11 is 0. The molecule has 160 valence electrons. The van der Waals surface area contributed by atoms with Crippen molar-refractivity contribution in [2.45, 2.75) is 70.8 Å². The number of Topliss-reactive ketones (excluding diaryl/α,β-unsaturated/α-hetero) is 1. The molecule has 3 N–H and O–H groups in total. The fraction of sp³-hybridized carbons (Fsp3) is 0.783. The first kappa shape index (κ1) is 20.7. The van der Waals surface area contributed by atoms with E-state index in [1.807, 2.05) is 6.08 Å². The number of ether oxygens (including phenoxy) is 1. The molecule has 6 atom stereocenters. The van der Waals surface area contributed by atoms with Crippen LogP contribution in [0.25, 0.3) is 0 Å². The van der Waals surface area contributed by atoms with Crippen molar-refractivity contribution in [3.05, 3.63) is 11.6 Å². The van der Waals surface area contributed by atoms with Crippen molar-refractivity contribution in [2.75, 3.05) is 13.2 Å². The van der Waals surface area contributed by atoms with Crippen LogP contribution in [-0.2, 0) is 19.1 Å². The van der Waals surface area contributed by atoms with Gasteiger partial charge in [0.1, 0.15) is 5.60 Å². The van der Waals surface area contributed by atoms with Crippen LogP contribution in [0.5, 0.6) is 0 Å². The molecule has 3 fully saturated rings. The number of hydrogen-bond donors (Lipinski definition) is 2. The standard InChI is InChI=1S/C23H33NO5/c1-21-8-5-15(25)11-14(21)3-4-16-17(21)6-9-22(2)18(16)7-10-23(22,28)19(26)13-29-20(27)12-24/h11,16-18,28H,3-10,12-13,24H2,1-2H3/t16-,17+,18+,21+,22+,23+/m1/s1. The van der Waals surface area contributed by atoms with Crippen molar-refractivity contribution in [3.63, 3.8) is 0 Å². The molecule has 0 amide bonds. The summed E-state index contributed by atoms with van der Waals surface area (Å²) in [5, 5.41) is 11.5. The Bertz CT molecular complexity index is 775. The number of esters is 1. The summed E-state index contributed by atoms with van der Waals surface area (Å²) < 4.78 is 4.95. The highest BCUT2D eigenvalue weighted by atomic mass is 16.5. The molecule has 0 bridgehead atoms. The van der Waals surface area contributed by atoms with Gasteiger partial charge in [-0.3, -0.25) is 14.4 Å². The maximum absolute atomic E-state index is 12.9. The predicted octanol–water partition coefficient (Wildman–Crippen LogP) is 2.32. The smallest absolute Gasteiger partial charge is 0.320 e. The van der Waals surface area contributed by atoms with Crippen LogP contribution < -0.4 is 5.73 Å². The van der Waals surface area contributed by atoms with E-state index < -0.39 is 29.4 Å². The van der Waals surface area contributed by atoms with Gasteiger partial charge in [-0.1, -0.05) is 19.4 Å². The van der Waals surface area contributed by atoms with Crippen LogP contribution in [0.15, 0.2) is 11.6 Å². The lowest BCUT2D eigenvalue weighted by Crippen LogP contribution is -2.58. The van der Waals surface area contributed by atoms with Gasteiger partial charge in [-0.05, 0) is 74.2 Å². The largest absolute Gasteiger partial charge is 0.457 e. The van der Waals surface area contributed by atoms with E-state index in [0.29, 0.717) is 24.7 Å². The molecule has 0 unspecified atom stereocenters. The van der Waals surface area contributed by atoms with Gasteiger partial charge in [0.05, 0.1) is 6.54 Å². The molecule has 6 nitrogen and oxygen atoms in total. The van der Waals surface area contributed by atoms with Crippen LogP contribution in [0.1, 0.15) is 65.2 Å². The van der Waals surface area contributed by atoms with Crippen LogP contribution in [0, 0.1) is 28.6 Å². The normalized spacial score (nSPS) is 43.7. The van der Waals surface area contributed by atoms with Crippen LogP contribution in [0.2, 0.25) is 0 Å². The van der Waals surface area contributed by atoms with E-state index >= 15 is 0 Å². The van der Waals surface area contributed by atoms with E-state index in [4.69, 9.17) is 10.5 Å². The van der Waals surface area contributed by atoms with E-state index in [1.165, 1.54) is 5.57 Å². The third kappa shape index (κ3) is 2.94. The highest BCUT2D eigenvalue weighted by molar-refractivity contribution is 5.92. The fourth-order valence-corrected chi connectivity index (χ4v) is 7.36. The number of aliphatic hydroxyl groups is 1. The first-order chi connectivity index (χ1) is 13.7. The second-order valence-electron chi connectivity index (χ2n) is 10.1. The van der Waals surface area contributed by atoms with Crippen molar-refractivity contribution in [2.24, 2.45) is 34.3 Å². The maximum atomic E-state index is 12.9. The minimum atomic E-state index is -1.45. The highest BCUT2D eigenvalue weighted by Gasteiger charge is 2.66. The predicted molar refractivity (Wildman–Crippen MR) is 107 cm³/mol. The number of hydrogen-bond acceptors (Lipinski definition) is 6. The van der Waals surface area contributed by atoms with Gasteiger partial charge < -0.3 is 15.6 Å². The number of carbonyl (C=O) groups excluding carboxylic acids is 3. The van der Waals surface area contributed by atoms with Gasteiger partial charge in [-0.2, -0.15) is 0 Å². The van der Waals surface area contributed by atoms with E-state index in [9.17, 15) is 19.5 Å². The molecule has 4 aliphatic rings. The van der Waals surface area contributed by atoms with E-state index in [2.05, 4.69) is 13.8 Å². The quantitative estimate of drug-likeness (QED) is 0.698. The van der Waals surface area contributed by atoms with Gasteiger partial charge in [0.15, 0.2) is 12.4 Å². The second kappa shape index (κ2) is 7.02. The third-order valence-electron chi connectivity index (χ3n) is 9.11. The Morgan fingerprint density at radius 3 is 2.59 bits per heavy atom. The Labute approximate surface area is 172 Å². The summed E-state index contributed by atoms with van der Waals surface area (Å²) in [7, 11) is 0. The van der Waals surface area contributed by atoms with E-state index in [0.717, 1.165) is 38.5 Å². The summed E-state index contributed by atoms with van der Waals surface area (Å²) in [6.07, 6.45) is 8.38. The van der Waals surface area contributed by atoms with Crippen molar-refractivity contribution < 1.29 is 24.2 Å². The molecule has 0 spiro atoms. The summed E-state index contributed by atoms with van der Waals surface area (Å²) in [5.74, 6) is 0.463. The lowest BCUT2D eigenvalue weighted by Gasteiger charge is -2.58. The van der Waals surface area contributed by atoms with Crippen LogP contribution >= 0.6 is 0 Å². The molecular weight excluding hydrogens is 370 g/mol. The zero-order chi connectivity index (χ0) is 21.0. The van der Waals surface area contributed by atoms with Gasteiger partial charge in [-0.25, -0.2) is 0 Å². The molecule has 4 aliphatic carbocycles. The zero-order valence-corrected chi connectivity index (χ0v) is 17.5. The van der Waals surface area contributed by atoms with Crippen molar-refractivity contribution >= 4 is 17.5 Å². The third-order valence-corrected chi connectivity index (χ3v) is 9.11. The Morgan fingerprint density at radius 1 is 1.14 bits per heavy atom. The fourth-order valence-electron chi connectivity index (χ4n) is 7.36. The molecule has 0 radical (unpaired) electrons. The Hall–Kier alpha value is -1.53. The van der Waals surface area contributed by atoms with Crippen LogP contribution in [0.3, 0.4) is 0 Å². The number of allylic oxidation sites excluding steroid dienone is 1. The van der Waals surface area contributed by atoms with E-state index in [1.54, 1.807) is 0 Å². The molecule has 0 aromatic carbocycles. The van der Waals surface area contributed by atoms with Gasteiger partial charge in [0.25, 0.3) is 0 Å². The number of nitrogens with two attached hydrogens (primary N) is 1. The highest BCUT2D eigenvalue weighted by Crippen LogP contribution is 2.67. The SMILES string of the molecule is C[C@]12CCC(=O)C=C1CC[C@@H]1[C@@H]2CC[C@@]2(C)[C@H]1CC[C@]2(O)C(=O)COC(=O)CN. The molecular formula is C23H33NO5. The molecule has 29 heavy (non-hydrogen) atoms. The lowest BCUT2D eigenvalue weighted by molar-refractivity contribution is -0.169. The molecule has 6 heteroatoms. The summed E-state index contributed by atoms with van der Waals surface area (Å²) in [4.78, 5) is 36.2. The number of fused-ring (bicyclic) bond motifs is 5. The molecule has 3 saturated carbocycles. The first-order valence-electron chi connectivity index (χ1n) is 11.0. The maximum Gasteiger partial charge on any atom is 0.320 e. The topological polar surface area (TPSA) is 107 Å². The van der Waals surface area contributed by atoms with Gasteiger partial charge in [0, 0.05) is 11.8 Å². The molecule has 0 aromatic heterocycles. The first-order valence-corrected chi connectivity index (χ1v) is 11.0. The average molecular weight is 404 g/mol. The van der Waals surface area contributed by atoms with Crippen LogP contribution in [-0.4, -0.2) is 41.4 Å². The monoisotopic (exact) mass is 403 g/mol. The van der Waals surface area contributed by atoms with Gasteiger partial charge >= 0.3 is 5.97 Å². The molecule has 4 rings (SSSR count). The Morgan fingerprint density at radius 2 is 1.86 bits per heavy atom. The lowest BCUT2D eigenvalue weighted by atomic mass is 9.46. The van der Waals surface area contributed by atoms with Gasteiger partial charge in [0.2, 0.25) is 5.78 Å². The van der Waals surface area contributed by atoms with Crippen LogP contribution in [0.4, 0.5) is 0 Å². The molecule has 0 aromatic rings. The molecule has 0 heterocycles. The summed E-state index contributed by atoms with van der Waals surface area (Å²) in [5.41, 5.74) is 4.69. The second-order valence-corrected chi connectivity index (χ2v) is 10.1. The minimum absolute atomic E-state index is 0.0690.